The number of nitrogens with zero attached hydrogens (tertiary/aromatic N) is 2. The normalized spacial score (nSPS) is 19.8. The second-order valence-corrected chi connectivity index (χ2v) is 6.55. The fourth-order valence-electron chi connectivity index (χ4n) is 2.93. The zero-order valence-electron chi connectivity index (χ0n) is 13.6. The molecule has 1 aromatic carbocycles. The number of likely N-dealkylation sites (N-methyl/N-ethyl adjacent to an activating group) is 1. The second kappa shape index (κ2) is 7.34. The molecular weight excluding hydrogens is 328 g/mol. The molecule has 0 unspecified atom stereocenters. The Morgan fingerprint density at radius 2 is 1.75 bits per heavy atom. The summed E-state index contributed by atoms with van der Waals surface area (Å²) in [4.78, 5) is 28.8. The molecule has 0 aliphatic carbocycles. The predicted molar refractivity (Wildman–Crippen MR) is 93.5 cm³/mol. The maximum atomic E-state index is 12.1. The predicted octanol–water partition coefficient (Wildman–Crippen LogP) is 0.544. The first-order valence-electron chi connectivity index (χ1n) is 8.05. The highest BCUT2D eigenvalue weighted by molar-refractivity contribution is 6.36. The van der Waals surface area contributed by atoms with E-state index >= 15 is 0 Å². The number of benzene rings is 1. The summed E-state index contributed by atoms with van der Waals surface area (Å²) < 4.78 is 0. The molecule has 2 aliphatic rings. The molecule has 2 amide bonds. The quantitative estimate of drug-likeness (QED) is 0.761. The Hall–Kier alpha value is -1.89. The lowest BCUT2D eigenvalue weighted by Crippen LogP contribution is -2.46. The highest BCUT2D eigenvalue weighted by Gasteiger charge is 2.31. The van der Waals surface area contributed by atoms with E-state index < -0.39 is 0 Å². The van der Waals surface area contributed by atoms with E-state index in [1.54, 1.807) is 24.3 Å². The number of hydrogen-bond acceptors (Lipinski definition) is 5. The Morgan fingerprint density at radius 1 is 1.08 bits per heavy atom. The van der Waals surface area contributed by atoms with Gasteiger partial charge in [0.1, 0.15) is 5.70 Å². The summed E-state index contributed by atoms with van der Waals surface area (Å²) in [6.07, 6.45) is 0. The van der Waals surface area contributed by atoms with E-state index in [0.717, 1.165) is 32.7 Å². The van der Waals surface area contributed by atoms with Gasteiger partial charge in [-0.15, -0.1) is 0 Å². The Labute approximate surface area is 146 Å². The van der Waals surface area contributed by atoms with E-state index in [9.17, 15) is 9.59 Å². The van der Waals surface area contributed by atoms with Crippen molar-refractivity contribution < 1.29 is 9.59 Å². The van der Waals surface area contributed by atoms with Crippen molar-refractivity contribution in [2.24, 2.45) is 0 Å². The molecule has 1 fully saturated rings. The standard InChI is InChI=1S/C17H21ClN4O2/c1-21-8-10-22(11-9-21)7-6-19-15-14(16(23)20-17(15)24)12-2-4-13(18)5-3-12/h2-5H,6-11H2,1H3,(H2,19,20,23,24). The minimum absolute atomic E-state index is 0.344. The van der Waals surface area contributed by atoms with E-state index in [-0.39, 0.29) is 11.8 Å². The molecule has 0 saturated carbocycles. The zero-order valence-corrected chi connectivity index (χ0v) is 14.4. The molecule has 24 heavy (non-hydrogen) atoms. The molecule has 2 heterocycles. The van der Waals surface area contributed by atoms with Crippen LogP contribution in [0.3, 0.4) is 0 Å². The van der Waals surface area contributed by atoms with Crippen molar-refractivity contribution in [2.45, 2.75) is 0 Å². The van der Waals surface area contributed by atoms with Crippen LogP contribution >= 0.6 is 11.6 Å². The van der Waals surface area contributed by atoms with Crippen LogP contribution < -0.4 is 10.6 Å². The van der Waals surface area contributed by atoms with E-state index in [2.05, 4.69) is 27.5 Å². The first-order valence-corrected chi connectivity index (χ1v) is 8.43. The van der Waals surface area contributed by atoms with Crippen LogP contribution in [0.1, 0.15) is 5.56 Å². The Morgan fingerprint density at radius 3 is 2.42 bits per heavy atom. The molecule has 1 aromatic rings. The topological polar surface area (TPSA) is 64.7 Å². The van der Waals surface area contributed by atoms with Crippen molar-refractivity contribution in [1.82, 2.24) is 20.4 Å². The van der Waals surface area contributed by atoms with Crippen molar-refractivity contribution in [2.75, 3.05) is 46.3 Å². The Kier molecular flexibility index (Phi) is 5.18. The van der Waals surface area contributed by atoms with Gasteiger partial charge in [-0.2, -0.15) is 0 Å². The van der Waals surface area contributed by atoms with E-state index in [4.69, 9.17) is 11.6 Å². The number of carbonyl (C=O) groups excluding carboxylic acids is 2. The van der Waals surface area contributed by atoms with Gasteiger partial charge in [0.15, 0.2) is 0 Å². The van der Waals surface area contributed by atoms with Gasteiger partial charge in [0.2, 0.25) is 0 Å². The first-order chi connectivity index (χ1) is 11.5. The van der Waals surface area contributed by atoms with Crippen LogP contribution in [0.15, 0.2) is 30.0 Å². The van der Waals surface area contributed by atoms with Gasteiger partial charge in [0.25, 0.3) is 11.8 Å². The molecule has 2 N–H and O–H groups in total. The largest absolute Gasteiger partial charge is 0.379 e. The average molecular weight is 349 g/mol. The van der Waals surface area contributed by atoms with Gasteiger partial charge in [0, 0.05) is 44.3 Å². The summed E-state index contributed by atoms with van der Waals surface area (Å²) >= 11 is 5.89. The average Bonchev–Trinajstić information content (AvgIpc) is 2.84. The second-order valence-electron chi connectivity index (χ2n) is 6.11. The van der Waals surface area contributed by atoms with Crippen LogP contribution in [0.2, 0.25) is 5.02 Å². The van der Waals surface area contributed by atoms with Crippen molar-refractivity contribution in [3.8, 4) is 0 Å². The minimum atomic E-state index is -0.372. The zero-order chi connectivity index (χ0) is 17.1. The number of halogens is 1. The lowest BCUT2D eigenvalue weighted by atomic mass is 10.1. The van der Waals surface area contributed by atoms with Gasteiger partial charge in [-0.3, -0.25) is 19.8 Å². The number of carbonyl (C=O) groups is 2. The van der Waals surface area contributed by atoms with Crippen LogP contribution in [0.25, 0.3) is 5.57 Å². The van der Waals surface area contributed by atoms with Crippen LogP contribution in [-0.2, 0) is 9.59 Å². The van der Waals surface area contributed by atoms with Gasteiger partial charge >= 0.3 is 0 Å². The lowest BCUT2D eigenvalue weighted by molar-refractivity contribution is -0.123. The maximum absolute atomic E-state index is 12.1. The number of amides is 2. The van der Waals surface area contributed by atoms with Gasteiger partial charge in [0.05, 0.1) is 5.57 Å². The fourth-order valence-corrected chi connectivity index (χ4v) is 3.05. The summed E-state index contributed by atoms with van der Waals surface area (Å²) in [5.41, 5.74) is 1.41. The molecule has 2 aliphatic heterocycles. The number of hydrogen-bond donors (Lipinski definition) is 2. The molecule has 0 spiro atoms. The molecule has 0 radical (unpaired) electrons. The lowest BCUT2D eigenvalue weighted by Gasteiger charge is -2.32. The summed E-state index contributed by atoms with van der Waals surface area (Å²) in [6, 6.07) is 6.92. The highest BCUT2D eigenvalue weighted by Crippen LogP contribution is 2.23. The van der Waals surface area contributed by atoms with Crippen LogP contribution in [0, 0.1) is 0 Å². The minimum Gasteiger partial charge on any atom is -0.379 e. The third-order valence-electron chi connectivity index (χ3n) is 4.39. The molecule has 0 atom stereocenters. The highest BCUT2D eigenvalue weighted by atomic mass is 35.5. The fraction of sp³-hybridized carbons (Fsp3) is 0.412. The smallest absolute Gasteiger partial charge is 0.275 e. The molecular formula is C17H21ClN4O2. The van der Waals surface area contributed by atoms with Crippen molar-refractivity contribution in [3.63, 3.8) is 0 Å². The first kappa shape index (κ1) is 17.0. The molecule has 0 aromatic heterocycles. The SMILES string of the molecule is CN1CCN(CCNC2=C(c3ccc(Cl)cc3)C(=O)NC2=O)CC1. The molecule has 3 rings (SSSR count). The summed E-state index contributed by atoms with van der Waals surface area (Å²) in [6.45, 7) is 5.61. The van der Waals surface area contributed by atoms with E-state index in [1.807, 2.05) is 0 Å². The van der Waals surface area contributed by atoms with E-state index in [1.165, 1.54) is 0 Å². The van der Waals surface area contributed by atoms with Crippen molar-refractivity contribution in [3.05, 3.63) is 40.5 Å². The number of rotatable bonds is 5. The van der Waals surface area contributed by atoms with E-state index in [0.29, 0.717) is 28.4 Å². The summed E-state index contributed by atoms with van der Waals surface area (Å²) in [7, 11) is 2.12. The third kappa shape index (κ3) is 3.77. The summed E-state index contributed by atoms with van der Waals surface area (Å²) in [5.74, 6) is -0.743. The number of imide groups is 1. The number of nitrogens with one attached hydrogen (secondary N) is 2. The van der Waals surface area contributed by atoms with Crippen LogP contribution in [0.4, 0.5) is 0 Å². The Balaban J connectivity index is 1.67. The molecule has 6 nitrogen and oxygen atoms in total. The van der Waals surface area contributed by atoms with Gasteiger partial charge in [-0.25, -0.2) is 0 Å². The maximum Gasteiger partial charge on any atom is 0.275 e. The Bertz CT molecular complexity index is 664. The third-order valence-corrected chi connectivity index (χ3v) is 4.64. The van der Waals surface area contributed by atoms with Crippen LogP contribution in [-0.4, -0.2) is 67.9 Å². The molecule has 128 valence electrons. The van der Waals surface area contributed by atoms with Gasteiger partial charge < -0.3 is 10.2 Å². The summed E-state index contributed by atoms with van der Waals surface area (Å²) in [5, 5.41) is 6.09. The van der Waals surface area contributed by atoms with Gasteiger partial charge in [-0.1, -0.05) is 23.7 Å². The molecule has 0 bridgehead atoms. The molecule has 7 heteroatoms. The molecule has 1 saturated heterocycles. The van der Waals surface area contributed by atoms with Gasteiger partial charge in [-0.05, 0) is 24.7 Å². The number of piperazine rings is 1. The van der Waals surface area contributed by atoms with Crippen molar-refractivity contribution >= 4 is 29.0 Å². The van der Waals surface area contributed by atoms with Crippen LogP contribution in [0.5, 0.6) is 0 Å². The van der Waals surface area contributed by atoms with Crippen molar-refractivity contribution in [1.29, 1.82) is 0 Å². The monoisotopic (exact) mass is 348 g/mol.